The number of anilines is 1. The van der Waals surface area contributed by atoms with Crippen molar-refractivity contribution >= 4 is 33.9 Å². The number of aryl methyl sites for hydroxylation is 2. The molecule has 1 amide bonds. The summed E-state index contributed by atoms with van der Waals surface area (Å²) in [6.07, 6.45) is 5.23. The molecule has 2 aliphatic rings. The van der Waals surface area contributed by atoms with E-state index in [9.17, 15) is 9.59 Å². The third kappa shape index (κ3) is 7.32. The molecular weight excluding hydrogens is 658 g/mol. The fraction of sp³-hybridized carbons (Fsp3) is 0.385. The van der Waals surface area contributed by atoms with Gasteiger partial charge >= 0.3 is 0 Å². The number of nitrogens with one attached hydrogen (secondary N) is 2. The van der Waals surface area contributed by atoms with Crippen molar-refractivity contribution < 1.29 is 19.1 Å². The molecule has 0 spiro atoms. The molecule has 2 N–H and O–H groups in total. The van der Waals surface area contributed by atoms with Gasteiger partial charge in [0.1, 0.15) is 17.1 Å². The highest BCUT2D eigenvalue weighted by Crippen LogP contribution is 2.31. The van der Waals surface area contributed by atoms with E-state index in [-0.39, 0.29) is 30.9 Å². The lowest BCUT2D eigenvalue weighted by molar-refractivity contribution is -0.139. The van der Waals surface area contributed by atoms with Gasteiger partial charge in [-0.15, -0.1) is 0 Å². The number of amides is 1. The predicted octanol–water partition coefficient (Wildman–Crippen LogP) is 4.90. The number of ether oxygens (including phenoxy) is 2. The Morgan fingerprint density at radius 1 is 1.04 bits per heavy atom. The number of rotatable bonds is 12. The van der Waals surface area contributed by atoms with Crippen molar-refractivity contribution in [1.29, 1.82) is 0 Å². The molecule has 0 aliphatic carbocycles. The summed E-state index contributed by atoms with van der Waals surface area (Å²) in [6.45, 7) is 8.38. The van der Waals surface area contributed by atoms with Crippen LogP contribution in [-0.2, 0) is 21.4 Å². The van der Waals surface area contributed by atoms with Gasteiger partial charge in [-0.2, -0.15) is 10.2 Å². The molecule has 3 aromatic heterocycles. The van der Waals surface area contributed by atoms with Crippen molar-refractivity contribution in [3.8, 4) is 28.5 Å². The van der Waals surface area contributed by atoms with Crippen molar-refractivity contribution in [3.63, 3.8) is 0 Å². The number of ketones is 1. The third-order valence-electron chi connectivity index (χ3n) is 10.0. The van der Waals surface area contributed by atoms with Crippen LogP contribution >= 0.6 is 0 Å². The second-order valence-corrected chi connectivity index (χ2v) is 13.8. The quantitative estimate of drug-likeness (QED) is 0.184. The maximum Gasteiger partial charge on any atom is 0.237 e. The monoisotopic (exact) mass is 703 g/mol. The fourth-order valence-electron chi connectivity index (χ4n) is 6.89. The first-order valence-corrected chi connectivity index (χ1v) is 17.7. The van der Waals surface area contributed by atoms with E-state index in [1.54, 1.807) is 18.0 Å². The first kappa shape index (κ1) is 35.0. The average Bonchev–Trinajstić information content (AvgIpc) is 3.87. The van der Waals surface area contributed by atoms with Crippen LogP contribution in [0.3, 0.4) is 0 Å². The molecule has 52 heavy (non-hydrogen) atoms. The van der Waals surface area contributed by atoms with E-state index < -0.39 is 5.60 Å². The number of methoxy groups -OCH3 is 1. The number of carbonyl (C=O) groups is 2. The summed E-state index contributed by atoms with van der Waals surface area (Å²) < 4.78 is 13.3. The molecule has 1 atom stereocenters. The van der Waals surface area contributed by atoms with E-state index in [4.69, 9.17) is 9.47 Å². The van der Waals surface area contributed by atoms with Gasteiger partial charge in [-0.3, -0.25) is 24.3 Å². The summed E-state index contributed by atoms with van der Waals surface area (Å²) >= 11 is 0. The number of nitrogens with zero attached hydrogens (tertiary/aromatic N) is 7. The number of aromatic amines is 1. The molecule has 13 heteroatoms. The van der Waals surface area contributed by atoms with Gasteiger partial charge in [0.05, 0.1) is 24.7 Å². The summed E-state index contributed by atoms with van der Waals surface area (Å²) in [5, 5.41) is 16.3. The average molecular weight is 704 g/mol. The van der Waals surface area contributed by atoms with Gasteiger partial charge in [0, 0.05) is 74.8 Å². The molecule has 5 aromatic rings. The Balaban J connectivity index is 0.924. The maximum absolute atomic E-state index is 13.6. The van der Waals surface area contributed by atoms with Crippen LogP contribution in [0.15, 0.2) is 66.9 Å². The Hall–Kier alpha value is -5.40. The Morgan fingerprint density at radius 2 is 1.83 bits per heavy atom. The summed E-state index contributed by atoms with van der Waals surface area (Å²) in [6, 6.07) is 17.9. The summed E-state index contributed by atoms with van der Waals surface area (Å²) in [7, 11) is 3.47. The van der Waals surface area contributed by atoms with Gasteiger partial charge < -0.3 is 19.7 Å². The molecule has 270 valence electrons. The van der Waals surface area contributed by atoms with E-state index in [1.807, 2.05) is 80.1 Å². The van der Waals surface area contributed by atoms with Gasteiger partial charge in [-0.1, -0.05) is 30.3 Å². The zero-order valence-electron chi connectivity index (χ0n) is 30.3. The summed E-state index contributed by atoms with van der Waals surface area (Å²) in [5.74, 6) is 2.16. The Kier molecular flexibility index (Phi) is 9.89. The van der Waals surface area contributed by atoms with E-state index >= 15 is 0 Å². The highest BCUT2D eigenvalue weighted by atomic mass is 16.5. The number of benzene rings is 2. The Labute approximate surface area is 303 Å². The normalized spacial score (nSPS) is 17.9. The lowest BCUT2D eigenvalue weighted by Crippen LogP contribution is -2.48. The molecule has 2 aromatic carbocycles. The number of aromatic nitrogens is 6. The lowest BCUT2D eigenvalue weighted by Gasteiger charge is -2.30. The third-order valence-corrected chi connectivity index (χ3v) is 10.0. The number of carbonyl (C=O) groups excluding carboxylic acids is 2. The highest BCUT2D eigenvalue weighted by Gasteiger charge is 2.45. The molecule has 0 saturated carbocycles. The van der Waals surface area contributed by atoms with E-state index in [2.05, 4.69) is 48.8 Å². The molecule has 7 rings (SSSR count). The van der Waals surface area contributed by atoms with Crippen LogP contribution < -0.4 is 10.1 Å². The van der Waals surface area contributed by atoms with Crippen molar-refractivity contribution in [2.24, 2.45) is 7.05 Å². The number of likely N-dealkylation sites (tertiary alicyclic amines) is 1. The van der Waals surface area contributed by atoms with E-state index in [1.165, 1.54) is 5.57 Å². The minimum absolute atomic E-state index is 0.0388. The minimum atomic E-state index is -0.978. The Bertz CT molecular complexity index is 2080. The topological polar surface area (TPSA) is 143 Å². The molecule has 2 aliphatic heterocycles. The van der Waals surface area contributed by atoms with Crippen LogP contribution in [0.4, 0.5) is 5.69 Å². The van der Waals surface area contributed by atoms with Crippen LogP contribution in [0.1, 0.15) is 38.1 Å². The number of H-pyrrole nitrogens is 1. The Morgan fingerprint density at radius 3 is 2.50 bits per heavy atom. The fourth-order valence-corrected chi connectivity index (χ4v) is 6.89. The number of hydrogen-bond acceptors (Lipinski definition) is 10. The van der Waals surface area contributed by atoms with Crippen LogP contribution in [0.25, 0.3) is 39.1 Å². The zero-order valence-corrected chi connectivity index (χ0v) is 30.3. The minimum Gasteiger partial charge on any atom is -0.475 e. The van der Waals surface area contributed by atoms with Crippen LogP contribution in [0, 0.1) is 6.92 Å². The van der Waals surface area contributed by atoms with E-state index in [0.29, 0.717) is 44.3 Å². The van der Waals surface area contributed by atoms with Gasteiger partial charge in [-0.25, -0.2) is 9.97 Å². The van der Waals surface area contributed by atoms with Crippen molar-refractivity contribution in [2.75, 3.05) is 51.7 Å². The zero-order chi connectivity index (χ0) is 36.4. The second kappa shape index (κ2) is 14.7. The summed E-state index contributed by atoms with van der Waals surface area (Å²) in [5.41, 5.74) is 5.66. The molecular formula is C39H45N9O4. The number of hydrogen-bond donors (Lipinski definition) is 2. The standard InChI is InChI=1S/C39H45N9O4/c1-25(2)52-35-13-10-30(21-41-35)37-32-20-31(11-12-33(32)43-44-37)40-22-34(49)39(51-5)16-19-47(24-39)23-36(50)48-17-14-28(15-18-48)27-6-8-29(9-7-27)38-42-26(3)46(4)45-38/h6-14,20-21,25,40H,15-19,22-24H2,1-5H3,(H,43,44). The lowest BCUT2D eigenvalue weighted by atomic mass is 9.97. The smallest absolute Gasteiger partial charge is 0.237 e. The molecule has 5 heterocycles. The highest BCUT2D eigenvalue weighted by molar-refractivity contribution is 5.96. The predicted molar refractivity (Wildman–Crippen MR) is 200 cm³/mol. The number of Topliss-reactive ketones (excluding diaryl/α,β-unsaturated/α-hetero) is 1. The van der Waals surface area contributed by atoms with Gasteiger partial charge in [0.25, 0.3) is 0 Å². The van der Waals surface area contributed by atoms with Gasteiger partial charge in [0.2, 0.25) is 11.8 Å². The molecule has 1 unspecified atom stereocenters. The van der Waals surface area contributed by atoms with Gasteiger partial charge in [0.15, 0.2) is 11.6 Å². The van der Waals surface area contributed by atoms with Gasteiger partial charge in [-0.05, 0) is 69.0 Å². The SMILES string of the molecule is COC1(C(=O)CNc2ccc3[nH]nc(-c4ccc(OC(C)C)nc4)c3c2)CCN(CC(=O)N2CC=C(c3ccc(-c4nc(C)n(C)n4)cc3)CC2)C1. The first-order chi connectivity index (χ1) is 25.1. The van der Waals surface area contributed by atoms with Crippen molar-refractivity contribution in [1.82, 2.24) is 39.7 Å². The maximum atomic E-state index is 13.6. The molecule has 0 bridgehead atoms. The van der Waals surface area contributed by atoms with Crippen LogP contribution in [0.5, 0.6) is 5.88 Å². The molecule has 1 saturated heterocycles. The second-order valence-electron chi connectivity index (χ2n) is 13.8. The molecule has 1 fully saturated rings. The summed E-state index contributed by atoms with van der Waals surface area (Å²) in [4.78, 5) is 39.9. The number of fused-ring (bicyclic) bond motifs is 1. The molecule has 0 radical (unpaired) electrons. The van der Waals surface area contributed by atoms with Crippen molar-refractivity contribution in [3.05, 3.63) is 78.3 Å². The van der Waals surface area contributed by atoms with Crippen LogP contribution in [-0.4, -0.2) is 110 Å². The number of pyridine rings is 1. The van der Waals surface area contributed by atoms with Crippen LogP contribution in [0.2, 0.25) is 0 Å². The molecule has 13 nitrogen and oxygen atoms in total. The van der Waals surface area contributed by atoms with Crippen molar-refractivity contribution in [2.45, 2.75) is 45.3 Å². The largest absolute Gasteiger partial charge is 0.475 e. The van der Waals surface area contributed by atoms with E-state index in [0.717, 1.165) is 51.2 Å². The first-order valence-electron chi connectivity index (χ1n) is 17.7.